The van der Waals surface area contributed by atoms with Gasteiger partial charge in [0.1, 0.15) is 11.5 Å². The third-order valence-electron chi connectivity index (χ3n) is 4.10. The lowest BCUT2D eigenvalue weighted by Gasteiger charge is -2.08. The predicted octanol–water partition coefficient (Wildman–Crippen LogP) is 4.46. The number of hydrogen-bond acceptors (Lipinski definition) is 5. The van der Waals surface area contributed by atoms with Crippen molar-refractivity contribution < 1.29 is 19.0 Å². The summed E-state index contributed by atoms with van der Waals surface area (Å²) in [6, 6.07) is 14.8. The minimum absolute atomic E-state index is 0.272. The molecule has 0 spiro atoms. The van der Waals surface area contributed by atoms with Crippen LogP contribution in [0.1, 0.15) is 31.4 Å². The van der Waals surface area contributed by atoms with Gasteiger partial charge in [0.15, 0.2) is 5.70 Å². The maximum absolute atomic E-state index is 12.1. The molecule has 0 aliphatic carbocycles. The molecule has 5 heteroatoms. The van der Waals surface area contributed by atoms with E-state index in [2.05, 4.69) is 18.8 Å². The molecule has 0 saturated heterocycles. The Morgan fingerprint density at radius 3 is 2.33 bits per heavy atom. The fraction of sp³-hybridized carbons (Fsp3) is 0.273. The molecular weight excluding hydrogens is 342 g/mol. The molecule has 2 aromatic carbocycles. The van der Waals surface area contributed by atoms with E-state index in [4.69, 9.17) is 14.2 Å². The average Bonchev–Trinajstić information content (AvgIpc) is 3.03. The van der Waals surface area contributed by atoms with Crippen molar-refractivity contribution in [2.75, 3.05) is 13.7 Å². The van der Waals surface area contributed by atoms with E-state index < -0.39 is 5.97 Å². The Bertz CT molecular complexity index is 849. The number of hydrogen-bond donors (Lipinski definition) is 0. The average molecular weight is 365 g/mol. The molecule has 3 rings (SSSR count). The molecule has 0 saturated carbocycles. The minimum Gasteiger partial charge on any atom is -0.497 e. The number of nitrogens with zero attached hydrogens (tertiary/aromatic N) is 1. The standard InChI is InChI=1S/C22H23NO4/c1-15(2)12-13-26-19-8-4-16(5-9-19)14-20-22(24)27-21(23-20)17-6-10-18(25-3)11-7-17/h4-11,14-15H,12-13H2,1-3H3/b20-14+. The Labute approximate surface area is 159 Å². The summed E-state index contributed by atoms with van der Waals surface area (Å²) in [5.41, 5.74) is 1.86. The van der Waals surface area contributed by atoms with Crippen molar-refractivity contribution >= 4 is 17.9 Å². The molecule has 0 atom stereocenters. The van der Waals surface area contributed by atoms with Gasteiger partial charge in [0, 0.05) is 5.56 Å². The fourth-order valence-corrected chi connectivity index (χ4v) is 2.50. The molecule has 2 aromatic rings. The normalized spacial score (nSPS) is 15.0. The topological polar surface area (TPSA) is 57.1 Å². The second kappa shape index (κ2) is 8.54. The van der Waals surface area contributed by atoms with Crippen molar-refractivity contribution in [2.45, 2.75) is 20.3 Å². The van der Waals surface area contributed by atoms with Crippen LogP contribution in [0, 0.1) is 5.92 Å². The Kier molecular flexibility index (Phi) is 5.91. The fourth-order valence-electron chi connectivity index (χ4n) is 2.50. The number of esters is 1. The maximum atomic E-state index is 12.1. The van der Waals surface area contributed by atoms with E-state index in [1.165, 1.54) is 0 Å². The Balaban J connectivity index is 1.70. The van der Waals surface area contributed by atoms with Gasteiger partial charge in [-0.25, -0.2) is 9.79 Å². The van der Waals surface area contributed by atoms with Crippen LogP contribution in [0.3, 0.4) is 0 Å². The highest BCUT2D eigenvalue weighted by Crippen LogP contribution is 2.22. The summed E-state index contributed by atoms with van der Waals surface area (Å²) in [6.45, 7) is 5.03. The highest BCUT2D eigenvalue weighted by molar-refractivity contribution is 6.12. The summed E-state index contributed by atoms with van der Waals surface area (Å²) in [6.07, 6.45) is 2.72. The van der Waals surface area contributed by atoms with Gasteiger partial charge >= 0.3 is 5.97 Å². The maximum Gasteiger partial charge on any atom is 0.363 e. The number of methoxy groups -OCH3 is 1. The van der Waals surface area contributed by atoms with Gasteiger partial charge in [-0.1, -0.05) is 26.0 Å². The second-order valence-corrected chi connectivity index (χ2v) is 6.66. The van der Waals surface area contributed by atoms with Crippen molar-refractivity contribution in [1.29, 1.82) is 0 Å². The molecule has 0 unspecified atom stereocenters. The summed E-state index contributed by atoms with van der Waals surface area (Å²) in [7, 11) is 1.60. The van der Waals surface area contributed by atoms with Gasteiger partial charge in [-0.05, 0) is 60.4 Å². The van der Waals surface area contributed by atoms with Gasteiger partial charge in [0.2, 0.25) is 5.90 Å². The highest BCUT2D eigenvalue weighted by Gasteiger charge is 2.24. The lowest BCUT2D eigenvalue weighted by molar-refractivity contribution is -0.129. The number of carbonyl (C=O) groups is 1. The van der Waals surface area contributed by atoms with E-state index in [9.17, 15) is 4.79 Å². The molecule has 1 heterocycles. The molecule has 0 fully saturated rings. The van der Waals surface area contributed by atoms with Crippen LogP contribution in [-0.2, 0) is 9.53 Å². The first kappa shape index (κ1) is 18.7. The zero-order valence-electron chi connectivity index (χ0n) is 15.8. The Morgan fingerprint density at radius 2 is 1.70 bits per heavy atom. The Morgan fingerprint density at radius 1 is 1.04 bits per heavy atom. The Hall–Kier alpha value is -3.08. The van der Waals surface area contributed by atoms with E-state index in [0.717, 1.165) is 29.0 Å². The number of ether oxygens (including phenoxy) is 3. The monoisotopic (exact) mass is 365 g/mol. The van der Waals surface area contributed by atoms with Crippen molar-refractivity contribution in [3.63, 3.8) is 0 Å². The molecule has 1 aliphatic rings. The molecule has 0 amide bonds. The van der Waals surface area contributed by atoms with Crippen LogP contribution in [0.5, 0.6) is 11.5 Å². The van der Waals surface area contributed by atoms with Crippen LogP contribution >= 0.6 is 0 Å². The van der Waals surface area contributed by atoms with Gasteiger partial charge in [-0.2, -0.15) is 0 Å². The molecular formula is C22H23NO4. The molecule has 140 valence electrons. The lowest BCUT2D eigenvalue weighted by Crippen LogP contribution is -2.05. The van der Waals surface area contributed by atoms with Crippen LogP contribution in [0.2, 0.25) is 0 Å². The summed E-state index contributed by atoms with van der Waals surface area (Å²) >= 11 is 0. The summed E-state index contributed by atoms with van der Waals surface area (Å²) in [5, 5.41) is 0. The van der Waals surface area contributed by atoms with Crippen LogP contribution in [-0.4, -0.2) is 25.6 Å². The highest BCUT2D eigenvalue weighted by atomic mass is 16.6. The lowest BCUT2D eigenvalue weighted by atomic mass is 10.1. The van der Waals surface area contributed by atoms with Crippen LogP contribution in [0.25, 0.3) is 6.08 Å². The van der Waals surface area contributed by atoms with Gasteiger partial charge in [-0.3, -0.25) is 0 Å². The number of carbonyl (C=O) groups excluding carboxylic acids is 1. The number of aliphatic imine (C=N–C) groups is 1. The molecule has 0 N–H and O–H groups in total. The van der Waals surface area contributed by atoms with E-state index in [1.54, 1.807) is 37.5 Å². The molecule has 27 heavy (non-hydrogen) atoms. The molecule has 0 aromatic heterocycles. The smallest absolute Gasteiger partial charge is 0.363 e. The van der Waals surface area contributed by atoms with Gasteiger partial charge in [0.25, 0.3) is 0 Å². The summed E-state index contributed by atoms with van der Waals surface area (Å²) in [4.78, 5) is 16.4. The SMILES string of the molecule is COc1ccc(C2=N/C(=C/c3ccc(OCCC(C)C)cc3)C(=O)O2)cc1. The van der Waals surface area contributed by atoms with Gasteiger partial charge < -0.3 is 14.2 Å². The zero-order valence-corrected chi connectivity index (χ0v) is 15.8. The van der Waals surface area contributed by atoms with Crippen molar-refractivity contribution in [3.05, 3.63) is 65.4 Å². The quantitative estimate of drug-likeness (QED) is 0.537. The predicted molar refractivity (Wildman–Crippen MR) is 105 cm³/mol. The minimum atomic E-state index is -0.460. The van der Waals surface area contributed by atoms with Gasteiger partial charge in [0.05, 0.1) is 13.7 Å². The molecule has 1 aliphatic heterocycles. The van der Waals surface area contributed by atoms with Crippen LogP contribution < -0.4 is 9.47 Å². The molecule has 5 nitrogen and oxygen atoms in total. The van der Waals surface area contributed by atoms with E-state index in [0.29, 0.717) is 18.4 Å². The zero-order chi connectivity index (χ0) is 19.2. The summed E-state index contributed by atoms with van der Waals surface area (Å²) in [5.74, 6) is 1.99. The first-order chi connectivity index (χ1) is 13.0. The van der Waals surface area contributed by atoms with E-state index in [1.807, 2.05) is 24.3 Å². The van der Waals surface area contributed by atoms with E-state index >= 15 is 0 Å². The van der Waals surface area contributed by atoms with E-state index in [-0.39, 0.29) is 5.70 Å². The van der Waals surface area contributed by atoms with Crippen LogP contribution in [0.15, 0.2) is 59.2 Å². The summed E-state index contributed by atoms with van der Waals surface area (Å²) < 4.78 is 16.1. The van der Waals surface area contributed by atoms with Crippen molar-refractivity contribution in [1.82, 2.24) is 0 Å². The number of benzene rings is 2. The van der Waals surface area contributed by atoms with Crippen molar-refractivity contribution in [3.8, 4) is 11.5 Å². The number of rotatable bonds is 7. The third kappa shape index (κ3) is 4.97. The van der Waals surface area contributed by atoms with Gasteiger partial charge in [-0.15, -0.1) is 0 Å². The first-order valence-electron chi connectivity index (χ1n) is 8.95. The third-order valence-corrected chi connectivity index (χ3v) is 4.10. The number of cyclic esters (lactones) is 1. The van der Waals surface area contributed by atoms with Crippen molar-refractivity contribution in [2.24, 2.45) is 10.9 Å². The largest absolute Gasteiger partial charge is 0.497 e. The molecule has 0 bridgehead atoms. The molecule has 0 radical (unpaired) electrons. The van der Waals surface area contributed by atoms with Crippen LogP contribution in [0.4, 0.5) is 0 Å². The first-order valence-corrected chi connectivity index (χ1v) is 8.95. The second-order valence-electron chi connectivity index (χ2n) is 6.66.